The third kappa shape index (κ3) is 2.54. The molecular formula is C18H13FN5O+. The molecule has 3 heterocycles. The molecule has 0 radical (unpaired) electrons. The van der Waals surface area contributed by atoms with Crippen molar-refractivity contribution in [1.82, 2.24) is 15.3 Å². The molecule has 6 nitrogen and oxygen atoms in total. The highest BCUT2D eigenvalue weighted by Crippen LogP contribution is 2.37. The first-order valence-electron chi connectivity index (χ1n) is 7.78. The molecule has 0 saturated carbocycles. The molecule has 25 heavy (non-hydrogen) atoms. The molecule has 0 atom stereocenters. The van der Waals surface area contributed by atoms with Gasteiger partial charge in [-0.3, -0.25) is 9.78 Å². The van der Waals surface area contributed by atoms with Gasteiger partial charge in [0, 0.05) is 36.0 Å². The molecule has 3 aromatic rings. The van der Waals surface area contributed by atoms with E-state index in [2.05, 4.69) is 20.3 Å². The van der Waals surface area contributed by atoms with Crippen LogP contribution in [0.25, 0.3) is 27.5 Å². The van der Waals surface area contributed by atoms with Gasteiger partial charge in [0.05, 0.1) is 5.69 Å². The fraction of sp³-hybridized carbons (Fsp3) is 0.111. The number of H-pyrrole nitrogens is 1. The van der Waals surface area contributed by atoms with Crippen LogP contribution in [0.5, 0.6) is 0 Å². The van der Waals surface area contributed by atoms with E-state index in [-0.39, 0.29) is 17.4 Å². The van der Waals surface area contributed by atoms with E-state index in [0.717, 1.165) is 5.69 Å². The zero-order valence-corrected chi connectivity index (χ0v) is 13.1. The first kappa shape index (κ1) is 15.0. The van der Waals surface area contributed by atoms with Crippen molar-refractivity contribution in [3.8, 4) is 22.5 Å². The Kier molecular flexibility index (Phi) is 3.51. The average molecular weight is 334 g/mol. The minimum Gasteiger partial charge on any atom is -0.351 e. The van der Waals surface area contributed by atoms with Crippen LogP contribution in [-0.4, -0.2) is 22.4 Å². The Balaban J connectivity index is 1.85. The summed E-state index contributed by atoms with van der Waals surface area (Å²) in [7, 11) is 0. The monoisotopic (exact) mass is 334 g/mol. The molecule has 0 spiro atoms. The summed E-state index contributed by atoms with van der Waals surface area (Å²) >= 11 is 0. The Morgan fingerprint density at radius 2 is 2.08 bits per heavy atom. The van der Waals surface area contributed by atoms with E-state index in [1.54, 1.807) is 30.5 Å². The molecule has 2 aromatic heterocycles. The van der Waals surface area contributed by atoms with Gasteiger partial charge in [0.15, 0.2) is 10.5 Å². The summed E-state index contributed by atoms with van der Waals surface area (Å²) in [5.41, 5.74) is 3.73. The number of aromatic amines is 1. The number of benzene rings is 1. The Bertz CT molecular complexity index is 1030. The molecule has 122 valence electrons. The number of hydrogen-bond donors (Lipinski definition) is 2. The fourth-order valence-corrected chi connectivity index (χ4v) is 3.06. The number of nitrogens with zero attached hydrogens (tertiary/aromatic N) is 3. The largest absolute Gasteiger partial charge is 0.423 e. The summed E-state index contributed by atoms with van der Waals surface area (Å²) in [6.45, 7) is 0.529. The third-order valence-electron chi connectivity index (χ3n) is 4.21. The number of aromatic nitrogens is 2. The number of nitrogens with one attached hydrogen (secondary N) is 2. The number of carbonyl (C=O) groups is 1. The van der Waals surface area contributed by atoms with Gasteiger partial charge in [-0.2, -0.15) is 0 Å². The van der Waals surface area contributed by atoms with Crippen molar-refractivity contribution < 1.29 is 9.18 Å². The summed E-state index contributed by atoms with van der Waals surface area (Å²) in [6, 6.07) is 9.65. The average Bonchev–Trinajstić information content (AvgIpc) is 3.02. The highest BCUT2D eigenvalue weighted by Gasteiger charge is 2.35. The van der Waals surface area contributed by atoms with E-state index in [0.29, 0.717) is 41.0 Å². The Morgan fingerprint density at radius 3 is 2.88 bits per heavy atom. The van der Waals surface area contributed by atoms with Gasteiger partial charge in [-0.15, -0.1) is 0 Å². The van der Waals surface area contributed by atoms with Crippen molar-refractivity contribution in [2.24, 2.45) is 0 Å². The van der Waals surface area contributed by atoms with Gasteiger partial charge in [-0.05, 0) is 24.3 Å². The van der Waals surface area contributed by atoms with E-state index in [1.165, 1.54) is 12.1 Å². The number of halogens is 1. The molecule has 1 amide bonds. The number of pyridine rings is 1. The van der Waals surface area contributed by atoms with Crippen LogP contribution in [0.3, 0.4) is 0 Å². The van der Waals surface area contributed by atoms with Crippen LogP contribution in [0.2, 0.25) is 0 Å². The van der Waals surface area contributed by atoms with Crippen LogP contribution in [0.1, 0.15) is 16.1 Å². The Morgan fingerprint density at radius 1 is 1.20 bits per heavy atom. The quantitative estimate of drug-likeness (QED) is 0.701. The molecule has 4 rings (SSSR count). The lowest BCUT2D eigenvalue weighted by Gasteiger charge is -2.09. The number of fused-ring (bicyclic) bond motifs is 1. The molecule has 0 aliphatic carbocycles. The fourth-order valence-electron chi connectivity index (χ4n) is 3.06. The summed E-state index contributed by atoms with van der Waals surface area (Å²) < 4.78 is 13.5. The number of hydrogen-bond acceptors (Lipinski definition) is 3. The second-order valence-electron chi connectivity index (χ2n) is 5.75. The smallest absolute Gasteiger partial charge is 0.351 e. The molecule has 1 aliphatic heterocycles. The first-order valence-corrected chi connectivity index (χ1v) is 7.78. The minimum atomic E-state index is -0.345. The second-order valence-corrected chi connectivity index (χ2v) is 5.75. The van der Waals surface area contributed by atoms with Crippen LogP contribution in [0.15, 0.2) is 42.6 Å². The molecule has 0 bridgehead atoms. The summed E-state index contributed by atoms with van der Waals surface area (Å²) in [6.07, 6.45) is 2.22. The van der Waals surface area contributed by atoms with Crippen LogP contribution in [-0.2, 0) is 6.42 Å². The number of amides is 1. The van der Waals surface area contributed by atoms with E-state index in [1.807, 2.05) is 0 Å². The summed E-state index contributed by atoms with van der Waals surface area (Å²) in [4.78, 5) is 22.8. The zero-order valence-electron chi connectivity index (χ0n) is 13.1. The lowest BCUT2D eigenvalue weighted by molar-refractivity contribution is 0.0947. The van der Waals surface area contributed by atoms with E-state index >= 15 is 0 Å². The van der Waals surface area contributed by atoms with Crippen molar-refractivity contribution in [3.05, 3.63) is 64.6 Å². The highest BCUT2D eigenvalue weighted by atomic mass is 19.1. The SMILES string of the molecule is N#[N+]c1c(-c2ccnc(-c3cccc(F)c3)c2)[nH]c2c1C(=O)NCC2. The predicted molar refractivity (Wildman–Crippen MR) is 90.2 cm³/mol. The molecular weight excluding hydrogens is 321 g/mol. The van der Waals surface area contributed by atoms with Crippen LogP contribution >= 0.6 is 0 Å². The van der Waals surface area contributed by atoms with Crippen molar-refractivity contribution >= 4 is 11.6 Å². The van der Waals surface area contributed by atoms with Gasteiger partial charge in [0.2, 0.25) is 5.39 Å². The number of rotatable bonds is 2. The Hall–Kier alpha value is -3.53. The topological polar surface area (TPSA) is 85.9 Å². The van der Waals surface area contributed by atoms with E-state index in [9.17, 15) is 14.6 Å². The maximum absolute atomic E-state index is 13.5. The molecule has 1 aromatic carbocycles. The highest BCUT2D eigenvalue weighted by molar-refractivity contribution is 6.05. The maximum Gasteiger partial charge on any atom is 0.423 e. The molecule has 0 unspecified atom stereocenters. The van der Waals surface area contributed by atoms with Gasteiger partial charge in [0.1, 0.15) is 11.5 Å². The van der Waals surface area contributed by atoms with E-state index < -0.39 is 0 Å². The Labute approximate surface area is 142 Å². The lowest BCUT2D eigenvalue weighted by atomic mass is 10.0. The van der Waals surface area contributed by atoms with Gasteiger partial charge in [0.25, 0.3) is 5.91 Å². The first-order chi connectivity index (χ1) is 12.2. The van der Waals surface area contributed by atoms with Crippen LogP contribution in [0, 0.1) is 11.2 Å². The number of carbonyl (C=O) groups excluding carboxylic acids is 1. The third-order valence-corrected chi connectivity index (χ3v) is 4.21. The molecule has 0 saturated heterocycles. The predicted octanol–water partition coefficient (Wildman–Crippen LogP) is 3.65. The second kappa shape index (κ2) is 5.83. The van der Waals surface area contributed by atoms with Crippen molar-refractivity contribution in [3.63, 3.8) is 0 Å². The van der Waals surface area contributed by atoms with Gasteiger partial charge < -0.3 is 10.3 Å². The minimum absolute atomic E-state index is 0.198. The zero-order chi connectivity index (χ0) is 17.4. The summed E-state index contributed by atoms with van der Waals surface area (Å²) in [5.74, 6) is -0.612. The van der Waals surface area contributed by atoms with Crippen molar-refractivity contribution in [2.75, 3.05) is 6.54 Å². The maximum atomic E-state index is 13.5. The van der Waals surface area contributed by atoms with Crippen molar-refractivity contribution in [2.45, 2.75) is 6.42 Å². The van der Waals surface area contributed by atoms with Crippen LogP contribution < -0.4 is 5.32 Å². The molecule has 1 aliphatic rings. The normalized spacial score (nSPS) is 13.0. The van der Waals surface area contributed by atoms with E-state index in [4.69, 9.17) is 0 Å². The van der Waals surface area contributed by atoms with Gasteiger partial charge >= 0.3 is 5.69 Å². The standard InChI is InChI=1S/C18H12FN5O/c19-12-3-1-2-10(8-12)14-9-11(4-6-21-14)16-17(24-20)15-13(23-16)5-7-22-18(15)25/h1-4,6,8-9H,5,7H2,(H-,21,22,23,25)/p+1. The molecule has 0 fully saturated rings. The van der Waals surface area contributed by atoms with Crippen molar-refractivity contribution in [1.29, 1.82) is 5.39 Å². The van der Waals surface area contributed by atoms with Gasteiger partial charge in [-0.1, -0.05) is 12.1 Å². The van der Waals surface area contributed by atoms with Gasteiger partial charge in [-0.25, -0.2) is 4.39 Å². The summed E-state index contributed by atoms with van der Waals surface area (Å²) in [5, 5.41) is 12.2. The molecule has 2 N–H and O–H groups in total. The van der Waals surface area contributed by atoms with Crippen LogP contribution in [0.4, 0.5) is 10.1 Å². The number of diazo groups is 1. The molecule has 7 heteroatoms. The lowest BCUT2D eigenvalue weighted by Crippen LogP contribution is -2.31.